The quantitative estimate of drug-likeness (QED) is 0.0193. The third-order valence-corrected chi connectivity index (χ3v) is 22.8. The van der Waals surface area contributed by atoms with Gasteiger partial charge in [0.15, 0.2) is 22.8 Å². The number of aromatic nitrogens is 6. The maximum atomic E-state index is 14.6. The van der Waals surface area contributed by atoms with Crippen molar-refractivity contribution in [3.05, 3.63) is 319 Å². The minimum absolute atomic E-state index is 0.0310. The van der Waals surface area contributed by atoms with Gasteiger partial charge in [0.05, 0.1) is 93.4 Å². The first-order valence-electron chi connectivity index (χ1n) is 42.0. The number of halogens is 4. The molecule has 4 fully saturated rings. The largest absolute Gasteiger partial charge is 0.359 e. The van der Waals surface area contributed by atoms with Crippen LogP contribution >= 0.6 is 0 Å². The number of rotatable bonds is 16. The topological polar surface area (TPSA) is 372 Å². The molecule has 1 unspecified atom stereocenters. The molecule has 12 aromatic rings. The molecule has 0 bridgehead atoms. The third kappa shape index (κ3) is 20.7. The Hall–Kier alpha value is -17.1. The highest BCUT2D eigenvalue weighted by Crippen LogP contribution is 2.39. The van der Waals surface area contributed by atoms with Crippen molar-refractivity contribution in [2.45, 2.75) is 92.0 Å². The average Bonchev–Trinajstić information content (AvgIpc) is 1.65. The molecular weight excluding hydrogens is 1710 g/mol. The van der Waals surface area contributed by atoms with Crippen molar-refractivity contribution in [3.8, 4) is 0 Å². The van der Waals surface area contributed by atoms with Crippen molar-refractivity contribution < 1.29 is 75.1 Å². The maximum absolute atomic E-state index is 14.6. The van der Waals surface area contributed by atoms with Crippen LogP contribution in [0.2, 0.25) is 0 Å². The zero-order valence-electron chi connectivity index (χ0n) is 72.4. The van der Waals surface area contributed by atoms with E-state index in [0.29, 0.717) is 123 Å². The van der Waals surface area contributed by atoms with Gasteiger partial charge >= 0.3 is 0 Å². The zero-order valence-corrected chi connectivity index (χ0v) is 72.4. The third-order valence-electron chi connectivity index (χ3n) is 22.8. The van der Waals surface area contributed by atoms with E-state index in [0.717, 1.165) is 68.8 Å². The Labute approximate surface area is 758 Å². The minimum Gasteiger partial charge on any atom is -0.359 e. The molecule has 16 rings (SSSR count). The highest BCUT2D eigenvalue weighted by molar-refractivity contribution is 6.47. The van der Waals surface area contributed by atoms with Gasteiger partial charge in [0.2, 0.25) is 23.6 Å². The molecule has 1 atom stereocenters. The van der Waals surface area contributed by atoms with E-state index in [9.17, 15) is 75.1 Å². The Kier molecular flexibility index (Phi) is 29.3. The summed E-state index contributed by atoms with van der Waals surface area (Å²) in [5.41, 5.74) is 11.0. The van der Waals surface area contributed by atoms with Crippen molar-refractivity contribution in [3.63, 3.8) is 0 Å². The number of pyridine rings is 2. The predicted octanol–water partition coefficient (Wildman–Crippen LogP) is 16.8. The van der Waals surface area contributed by atoms with Gasteiger partial charge in [0.1, 0.15) is 23.3 Å². The smallest absolute Gasteiger partial charge is 0.295 e. The molecule has 4 aliphatic rings. The van der Waals surface area contributed by atoms with Gasteiger partial charge in [-0.25, -0.2) is 36.9 Å². The number of carbonyl (C=O) groups excluding carboxylic acids is 12. The van der Waals surface area contributed by atoms with Gasteiger partial charge in [-0.05, 0) is 141 Å². The summed E-state index contributed by atoms with van der Waals surface area (Å²) < 4.78 is 58.3. The van der Waals surface area contributed by atoms with Gasteiger partial charge in [-0.15, -0.1) is 0 Å². The Morgan fingerprint density at radius 1 is 0.338 bits per heavy atom. The molecule has 0 saturated carbocycles. The molecule has 133 heavy (non-hydrogen) atoms. The summed E-state index contributed by atoms with van der Waals surface area (Å²) >= 11 is 0. The number of amides is 8. The lowest BCUT2D eigenvalue weighted by Crippen LogP contribution is -2.46. The number of aromatic amines is 4. The summed E-state index contributed by atoms with van der Waals surface area (Å²) in [6.45, 7) is 39.4. The first kappa shape index (κ1) is 93.5. The standard InChI is InChI=1S/C25H22FN5O3.2C25H21FN4O3.C24H20FN5O3/c1-14-11-16(22(27-3)17-5-4-9-28-12-17)8-10-31(14)25(34)24(33)18-13-29-23-20(30-15(2)32)7-6-19(26)21(18)23;2*1-15(31)29-20-9-8-19(26)21-18(14-28-23(20)21)24(32)25(33)30-12-10-17(11-13-30)22(27-2)16-6-4-3-5-7-16;1-14(31)29-19-6-5-18(25)20-17(13-28-22(19)20)23(32)24(33)30-10-7-15(8-11-30)21(26-2)16-4-3-9-27-12-16/h4-7,9,12-14,29H,8,10-11H2,1-2H3,(H,30,32);2*3-9,14,28H,10-13H2,1H3,(H,29,31);3-6,9,12-13,28H,7-8,10-11H2,1H3,(H,29,31)/b22-16+;;;. The minimum atomic E-state index is -0.831. The van der Waals surface area contributed by atoms with E-state index in [1.165, 1.54) is 96.3 Å². The fraction of sp³-hybridized carbons (Fsp3) is 0.212. The Balaban J connectivity index is 0.000000151. The van der Waals surface area contributed by atoms with E-state index < -0.39 is 70.0 Å². The lowest BCUT2D eigenvalue weighted by atomic mass is 9.93. The van der Waals surface area contributed by atoms with Crippen LogP contribution in [0, 0.1) is 49.6 Å². The summed E-state index contributed by atoms with van der Waals surface area (Å²) in [7, 11) is 0. The van der Waals surface area contributed by atoms with Gasteiger partial charge in [0.25, 0.3) is 46.8 Å². The maximum Gasteiger partial charge on any atom is 0.295 e. The zero-order chi connectivity index (χ0) is 95.0. The highest BCUT2D eigenvalue weighted by Gasteiger charge is 2.37. The van der Waals surface area contributed by atoms with E-state index >= 15 is 0 Å². The van der Waals surface area contributed by atoms with E-state index in [4.69, 9.17) is 26.3 Å². The van der Waals surface area contributed by atoms with Crippen LogP contribution in [0.15, 0.2) is 205 Å². The van der Waals surface area contributed by atoms with E-state index in [1.807, 2.05) is 79.7 Å². The van der Waals surface area contributed by atoms with Crippen molar-refractivity contribution in [2.24, 2.45) is 0 Å². The number of nitrogens with zero attached hydrogens (tertiary/aromatic N) is 10. The van der Waals surface area contributed by atoms with Crippen LogP contribution in [0.3, 0.4) is 0 Å². The van der Waals surface area contributed by atoms with E-state index in [-0.39, 0.29) is 115 Å². The summed E-state index contributed by atoms with van der Waals surface area (Å²) in [5, 5.41) is 10.2. The molecule has 30 nitrogen and oxygen atoms in total. The van der Waals surface area contributed by atoms with Crippen molar-refractivity contribution in [1.82, 2.24) is 49.5 Å². The van der Waals surface area contributed by atoms with E-state index in [2.05, 4.69) is 70.6 Å². The fourth-order valence-corrected chi connectivity index (χ4v) is 16.5. The number of anilines is 4. The number of fused-ring (bicyclic) bond motifs is 4. The molecule has 0 spiro atoms. The Bertz CT molecular complexity index is 6520. The number of nitrogens with one attached hydrogen (secondary N) is 8. The van der Waals surface area contributed by atoms with Crippen LogP contribution in [0.4, 0.5) is 40.3 Å². The van der Waals surface area contributed by atoms with Crippen LogP contribution in [0.1, 0.15) is 150 Å². The Morgan fingerprint density at radius 2 is 0.594 bits per heavy atom. The highest BCUT2D eigenvalue weighted by atomic mass is 19.1. The van der Waals surface area contributed by atoms with Gasteiger partial charge in [-0.2, -0.15) is 0 Å². The molecule has 10 heterocycles. The molecule has 6 aromatic carbocycles. The second-order valence-electron chi connectivity index (χ2n) is 31.4. The summed E-state index contributed by atoms with van der Waals surface area (Å²) in [6.07, 6.45) is 15.5. The number of hydrogen-bond acceptors (Lipinski definition) is 14. The summed E-state index contributed by atoms with van der Waals surface area (Å²) in [5.74, 6) is -10.2. The molecule has 0 radical (unpaired) electrons. The van der Waals surface area contributed by atoms with Gasteiger partial charge in [0, 0.05) is 151 Å². The number of carbonyl (C=O) groups is 12. The van der Waals surface area contributed by atoms with Crippen molar-refractivity contribution in [1.29, 1.82) is 0 Å². The fourth-order valence-electron chi connectivity index (χ4n) is 16.5. The molecule has 0 aliphatic carbocycles. The monoisotopic (exact) mass is 1790 g/mol. The second-order valence-corrected chi connectivity index (χ2v) is 31.4. The van der Waals surface area contributed by atoms with Crippen molar-refractivity contribution in [2.75, 3.05) is 67.1 Å². The van der Waals surface area contributed by atoms with Crippen molar-refractivity contribution >= 4 is 160 Å². The normalized spacial score (nSPS) is 14.4. The predicted molar refractivity (Wildman–Crippen MR) is 491 cm³/mol. The molecule has 34 heteroatoms. The molecular formula is C99H84F4N18O12. The number of likely N-dealkylation sites (tertiary alicyclic amines) is 4. The molecule has 8 N–H and O–H groups in total. The van der Waals surface area contributed by atoms with Crippen LogP contribution in [0.5, 0.6) is 0 Å². The number of ketones is 4. The number of piperidine rings is 4. The number of Topliss-reactive ketones (excluding diaryl/α,β-unsaturated/α-hetero) is 4. The van der Waals surface area contributed by atoms with Crippen LogP contribution in [0.25, 0.3) is 85.8 Å². The van der Waals surface area contributed by atoms with Crippen LogP contribution in [-0.4, -0.2) is 172 Å². The van der Waals surface area contributed by atoms with Gasteiger partial charge < -0.3 is 60.8 Å². The second kappa shape index (κ2) is 41.7. The number of H-pyrrole nitrogens is 4. The van der Waals surface area contributed by atoms with Gasteiger partial charge in [-0.3, -0.25) is 67.5 Å². The molecule has 4 saturated heterocycles. The lowest BCUT2D eigenvalue weighted by molar-refractivity contribution is -0.129. The summed E-state index contributed by atoms with van der Waals surface area (Å²) in [6, 6.07) is 35.8. The van der Waals surface area contributed by atoms with Crippen LogP contribution in [-0.2, 0) is 38.4 Å². The molecule has 670 valence electrons. The van der Waals surface area contributed by atoms with Crippen LogP contribution < -0.4 is 21.3 Å². The summed E-state index contributed by atoms with van der Waals surface area (Å²) in [4.78, 5) is 189. The first-order valence-corrected chi connectivity index (χ1v) is 42.0. The average molecular weight is 1790 g/mol. The molecule has 8 amide bonds. The van der Waals surface area contributed by atoms with Gasteiger partial charge in [-0.1, -0.05) is 95.1 Å². The Morgan fingerprint density at radius 3 is 0.850 bits per heavy atom. The number of hydrogen-bond donors (Lipinski definition) is 8. The van der Waals surface area contributed by atoms with E-state index in [1.54, 1.807) is 36.9 Å². The SMILES string of the molecule is [C-]#[N+]/C(=C1\CCN(C(=O)C(=O)c2c[nH]c3c(NC(C)=O)ccc(F)c23)C(C)C1)c1cccnc1.[C-]#[N+]C(=C1CCN(C(=O)C(=O)c2c[nH]c3c(NC(C)=O)ccc(F)c23)CC1)c1ccccc1.[C-]#[N+]C(=C1CCN(C(=O)C(=O)c2c[nH]c3c(NC(C)=O)ccc(F)c23)CC1)c1ccccc1.[C-]#[N+]C(=C1CCN(C(=O)C(=O)c2c[nH]c3c(NC(C)=O)ccc(F)c23)CC1)c1cccnc1. The molecule has 6 aromatic heterocycles. The number of benzene rings is 6. The first-order chi connectivity index (χ1) is 64.0. The lowest BCUT2D eigenvalue weighted by Gasteiger charge is -2.35. The molecule has 4 aliphatic heterocycles.